The van der Waals surface area contributed by atoms with Gasteiger partial charge in [-0.05, 0) is 57.4 Å². The Morgan fingerprint density at radius 3 is 2.72 bits per heavy atom. The predicted octanol–water partition coefficient (Wildman–Crippen LogP) is 2.24. The van der Waals surface area contributed by atoms with Gasteiger partial charge >= 0.3 is 0 Å². The summed E-state index contributed by atoms with van der Waals surface area (Å²) in [5, 5.41) is 7.86. The molecule has 4 rings (SSSR count). The molecule has 1 amide bonds. The number of carbonyl (C=O) groups is 1. The number of hydrogen-bond donors (Lipinski definition) is 1. The van der Waals surface area contributed by atoms with Crippen molar-refractivity contribution >= 4 is 5.91 Å². The first kappa shape index (κ1) is 23.0. The molecule has 1 aromatic heterocycles. The number of likely N-dealkylation sites (N-methyl/N-ethyl adjacent to an activating group) is 1. The summed E-state index contributed by atoms with van der Waals surface area (Å²) < 4.78 is 5.64. The van der Waals surface area contributed by atoms with E-state index >= 15 is 0 Å². The first-order valence-corrected chi connectivity index (χ1v) is 11.9. The third-order valence-electron chi connectivity index (χ3n) is 6.86. The van der Waals surface area contributed by atoms with Gasteiger partial charge in [0.1, 0.15) is 0 Å². The lowest BCUT2D eigenvalue weighted by Crippen LogP contribution is -2.48. The highest BCUT2D eigenvalue weighted by Crippen LogP contribution is 2.27. The maximum absolute atomic E-state index is 12.9. The number of nitrogens with one attached hydrogen (secondary N) is 1. The molecule has 0 radical (unpaired) electrons. The van der Waals surface area contributed by atoms with Gasteiger partial charge in [-0.25, -0.2) is 0 Å². The van der Waals surface area contributed by atoms with Crippen LogP contribution in [0.15, 0.2) is 40.9 Å². The number of carbonyl (C=O) groups excluding carboxylic acids is 1. The van der Waals surface area contributed by atoms with Crippen molar-refractivity contribution in [3.8, 4) is 0 Å². The van der Waals surface area contributed by atoms with Crippen LogP contribution in [0.2, 0.25) is 0 Å². The summed E-state index contributed by atoms with van der Waals surface area (Å²) in [6.45, 7) is 7.20. The van der Waals surface area contributed by atoms with Gasteiger partial charge in [0.05, 0.1) is 12.2 Å². The fourth-order valence-corrected chi connectivity index (χ4v) is 4.91. The van der Waals surface area contributed by atoms with E-state index in [4.69, 9.17) is 4.52 Å². The molecule has 2 fully saturated rings. The molecule has 1 aromatic carbocycles. The molecule has 2 saturated heterocycles. The normalized spacial score (nSPS) is 22.4. The number of piperazine rings is 1. The van der Waals surface area contributed by atoms with Crippen molar-refractivity contribution < 1.29 is 9.32 Å². The zero-order chi connectivity index (χ0) is 22.3. The third kappa shape index (κ3) is 6.40. The first-order valence-electron chi connectivity index (χ1n) is 11.9. The second-order valence-electron chi connectivity index (χ2n) is 9.55. The van der Waals surface area contributed by atoms with Crippen LogP contribution in [0, 0.1) is 11.8 Å². The highest BCUT2D eigenvalue weighted by Gasteiger charge is 2.30. The second-order valence-corrected chi connectivity index (χ2v) is 9.55. The molecule has 2 unspecified atom stereocenters. The van der Waals surface area contributed by atoms with E-state index in [1.54, 1.807) is 0 Å². The van der Waals surface area contributed by atoms with E-state index in [9.17, 15) is 4.79 Å². The van der Waals surface area contributed by atoms with Crippen LogP contribution in [-0.4, -0.2) is 79.1 Å². The van der Waals surface area contributed by atoms with E-state index in [0.717, 1.165) is 76.7 Å². The van der Waals surface area contributed by atoms with E-state index in [-0.39, 0.29) is 0 Å². The van der Waals surface area contributed by atoms with Gasteiger partial charge in [0, 0.05) is 45.2 Å². The number of nitrogens with zero attached hydrogens (tertiary/aromatic N) is 4. The molecule has 0 spiro atoms. The highest BCUT2D eigenvalue weighted by atomic mass is 16.5. The third-order valence-corrected chi connectivity index (χ3v) is 6.86. The van der Waals surface area contributed by atoms with Gasteiger partial charge in [-0.3, -0.25) is 9.69 Å². The molecule has 2 atom stereocenters. The summed E-state index contributed by atoms with van der Waals surface area (Å²) in [7, 11) is 4.22. The zero-order valence-electron chi connectivity index (χ0n) is 19.5. The standard InChI is InChI=1S/C25H37N5O2/c1-28-10-12-30(13-11-28)25(31)15-21-8-9-26-17-22(21)14-23-16-24(32-27-23)19-29(2)18-20-6-4-3-5-7-20/h3-7,16,21-22,26H,8-15,17-19H2,1-2H3. The minimum atomic E-state index is 0.318. The SMILES string of the molecule is CN1CCN(C(=O)CC2CCNCC2Cc2cc(CN(C)Cc3ccccc3)on2)CC1. The minimum absolute atomic E-state index is 0.318. The largest absolute Gasteiger partial charge is 0.360 e. The number of rotatable bonds is 8. The summed E-state index contributed by atoms with van der Waals surface area (Å²) >= 11 is 0. The fraction of sp³-hybridized carbons (Fsp3) is 0.600. The molecular formula is C25H37N5O2. The van der Waals surface area contributed by atoms with E-state index in [1.807, 2.05) is 6.07 Å². The number of aromatic nitrogens is 1. The molecule has 2 aliphatic rings. The average Bonchev–Trinajstić information content (AvgIpc) is 3.22. The zero-order valence-corrected chi connectivity index (χ0v) is 19.5. The Kier molecular flexibility index (Phi) is 7.95. The van der Waals surface area contributed by atoms with E-state index in [1.165, 1.54) is 5.56 Å². The molecule has 7 nitrogen and oxygen atoms in total. The number of amides is 1. The monoisotopic (exact) mass is 439 g/mol. The Morgan fingerprint density at radius 1 is 1.16 bits per heavy atom. The Balaban J connectivity index is 1.29. The average molecular weight is 440 g/mol. The summed E-state index contributed by atoms with van der Waals surface area (Å²) in [5.41, 5.74) is 2.29. The molecule has 1 N–H and O–H groups in total. The molecule has 2 aromatic rings. The maximum atomic E-state index is 12.9. The molecule has 32 heavy (non-hydrogen) atoms. The number of hydrogen-bond acceptors (Lipinski definition) is 6. The second kappa shape index (κ2) is 11.1. The fourth-order valence-electron chi connectivity index (χ4n) is 4.91. The lowest BCUT2D eigenvalue weighted by Gasteiger charge is -2.36. The van der Waals surface area contributed by atoms with Crippen LogP contribution in [-0.2, 0) is 24.3 Å². The van der Waals surface area contributed by atoms with Gasteiger partial charge in [0.2, 0.25) is 5.91 Å². The van der Waals surface area contributed by atoms with Crippen molar-refractivity contribution in [1.82, 2.24) is 25.2 Å². The van der Waals surface area contributed by atoms with Crippen molar-refractivity contribution in [2.45, 2.75) is 32.4 Å². The molecule has 174 valence electrons. The van der Waals surface area contributed by atoms with Crippen LogP contribution in [0.4, 0.5) is 0 Å². The molecule has 2 aliphatic heterocycles. The van der Waals surface area contributed by atoms with Crippen molar-refractivity contribution in [3.05, 3.63) is 53.4 Å². The van der Waals surface area contributed by atoms with Crippen LogP contribution in [0.1, 0.15) is 29.9 Å². The van der Waals surface area contributed by atoms with E-state index < -0.39 is 0 Å². The Bertz CT molecular complexity index is 847. The van der Waals surface area contributed by atoms with Crippen LogP contribution in [0.3, 0.4) is 0 Å². The first-order chi connectivity index (χ1) is 15.6. The highest BCUT2D eigenvalue weighted by molar-refractivity contribution is 5.76. The van der Waals surface area contributed by atoms with Crippen molar-refractivity contribution in [2.75, 3.05) is 53.4 Å². The van der Waals surface area contributed by atoms with E-state index in [0.29, 0.717) is 24.2 Å². The molecule has 0 aliphatic carbocycles. The number of piperidine rings is 1. The smallest absolute Gasteiger partial charge is 0.222 e. The number of benzene rings is 1. The summed E-state index contributed by atoms with van der Waals surface area (Å²) in [4.78, 5) is 19.5. The van der Waals surface area contributed by atoms with Gasteiger partial charge in [0.25, 0.3) is 0 Å². The minimum Gasteiger partial charge on any atom is -0.360 e. The lowest BCUT2D eigenvalue weighted by atomic mass is 9.81. The molecule has 3 heterocycles. The van der Waals surface area contributed by atoms with Gasteiger partial charge < -0.3 is 19.6 Å². The summed E-state index contributed by atoms with van der Waals surface area (Å²) in [6, 6.07) is 12.6. The van der Waals surface area contributed by atoms with Crippen LogP contribution >= 0.6 is 0 Å². The Hall–Kier alpha value is -2.22. The van der Waals surface area contributed by atoms with Crippen molar-refractivity contribution in [3.63, 3.8) is 0 Å². The molecular weight excluding hydrogens is 402 g/mol. The Morgan fingerprint density at radius 2 is 1.94 bits per heavy atom. The van der Waals surface area contributed by atoms with Crippen LogP contribution in [0.5, 0.6) is 0 Å². The lowest BCUT2D eigenvalue weighted by molar-refractivity contribution is -0.134. The van der Waals surface area contributed by atoms with E-state index in [2.05, 4.69) is 69.6 Å². The van der Waals surface area contributed by atoms with Crippen LogP contribution in [0.25, 0.3) is 0 Å². The maximum Gasteiger partial charge on any atom is 0.222 e. The Labute approximate surface area is 191 Å². The predicted molar refractivity (Wildman–Crippen MR) is 125 cm³/mol. The topological polar surface area (TPSA) is 64.8 Å². The van der Waals surface area contributed by atoms with Gasteiger partial charge in [-0.2, -0.15) is 0 Å². The summed E-state index contributed by atoms with van der Waals surface area (Å²) in [5.74, 6) is 2.04. The summed E-state index contributed by atoms with van der Waals surface area (Å²) in [6.07, 6.45) is 2.56. The molecule has 7 heteroatoms. The van der Waals surface area contributed by atoms with Gasteiger partial charge in [-0.1, -0.05) is 35.5 Å². The molecule has 0 saturated carbocycles. The van der Waals surface area contributed by atoms with Crippen molar-refractivity contribution in [2.24, 2.45) is 11.8 Å². The van der Waals surface area contributed by atoms with Crippen molar-refractivity contribution in [1.29, 1.82) is 0 Å². The van der Waals surface area contributed by atoms with Gasteiger partial charge in [0.15, 0.2) is 5.76 Å². The molecule has 0 bridgehead atoms. The van der Waals surface area contributed by atoms with Crippen LogP contribution < -0.4 is 5.32 Å². The quantitative estimate of drug-likeness (QED) is 0.681. The van der Waals surface area contributed by atoms with Gasteiger partial charge in [-0.15, -0.1) is 0 Å².